The van der Waals surface area contributed by atoms with Crippen molar-refractivity contribution in [2.75, 3.05) is 18.5 Å². The minimum Gasteiger partial charge on any atom is -0.490 e. The summed E-state index contributed by atoms with van der Waals surface area (Å²) in [5.74, 6) is 1.11. The van der Waals surface area contributed by atoms with Crippen LogP contribution < -0.4 is 20.1 Å². The van der Waals surface area contributed by atoms with Crippen LogP contribution in [0.25, 0.3) is 0 Å². The lowest BCUT2D eigenvalue weighted by atomic mass is 10.1. The van der Waals surface area contributed by atoms with Gasteiger partial charge in [0.1, 0.15) is 5.76 Å². The lowest BCUT2D eigenvalue weighted by molar-refractivity contribution is 0.0949. The molecule has 0 fully saturated rings. The van der Waals surface area contributed by atoms with Crippen molar-refractivity contribution in [1.29, 1.82) is 0 Å². The molecule has 2 amide bonds. The van der Waals surface area contributed by atoms with E-state index in [2.05, 4.69) is 10.6 Å². The molecule has 7 nitrogen and oxygen atoms in total. The Hall–Kier alpha value is -3.74. The minimum atomic E-state index is -0.348. The van der Waals surface area contributed by atoms with Gasteiger partial charge in [-0.15, -0.1) is 0 Å². The van der Waals surface area contributed by atoms with Crippen molar-refractivity contribution < 1.29 is 23.5 Å². The number of benzene rings is 2. The van der Waals surface area contributed by atoms with Crippen molar-refractivity contribution in [3.8, 4) is 11.5 Å². The van der Waals surface area contributed by atoms with Crippen LogP contribution in [0, 0.1) is 0 Å². The van der Waals surface area contributed by atoms with Crippen molar-refractivity contribution in [2.24, 2.45) is 0 Å². The molecule has 0 spiro atoms. The predicted octanol–water partition coefficient (Wildman–Crippen LogP) is 5.04. The van der Waals surface area contributed by atoms with Crippen LogP contribution in [-0.2, 0) is 6.54 Å². The maximum atomic E-state index is 12.9. The summed E-state index contributed by atoms with van der Waals surface area (Å²) in [5.41, 5.74) is 1.18. The van der Waals surface area contributed by atoms with E-state index in [-0.39, 0.29) is 18.4 Å². The van der Waals surface area contributed by atoms with Crippen LogP contribution in [0.5, 0.6) is 11.5 Å². The van der Waals surface area contributed by atoms with Gasteiger partial charge in [-0.05, 0) is 55.3 Å². The third-order valence-corrected chi connectivity index (χ3v) is 4.55. The molecule has 1 aromatic heterocycles. The zero-order valence-electron chi connectivity index (χ0n) is 18.4. The summed E-state index contributed by atoms with van der Waals surface area (Å²) in [5, 5.41) is 5.62. The predicted molar refractivity (Wildman–Crippen MR) is 122 cm³/mol. The highest BCUT2D eigenvalue weighted by atomic mass is 16.5. The number of furan rings is 1. The first-order chi connectivity index (χ1) is 15.6. The van der Waals surface area contributed by atoms with Crippen molar-refractivity contribution in [1.82, 2.24) is 5.32 Å². The number of amides is 2. The fraction of sp³-hybridized carbons (Fsp3) is 0.280. The Kier molecular flexibility index (Phi) is 8.31. The molecule has 0 bridgehead atoms. The number of rotatable bonds is 11. The average molecular weight is 437 g/mol. The maximum absolute atomic E-state index is 12.9. The molecule has 0 aliphatic carbocycles. The number of hydrogen-bond donors (Lipinski definition) is 2. The van der Waals surface area contributed by atoms with Crippen LogP contribution in [0.1, 0.15) is 53.2 Å². The summed E-state index contributed by atoms with van der Waals surface area (Å²) in [7, 11) is 0. The first-order valence-corrected chi connectivity index (χ1v) is 10.7. The van der Waals surface area contributed by atoms with Crippen molar-refractivity contribution >= 4 is 17.5 Å². The van der Waals surface area contributed by atoms with E-state index in [0.29, 0.717) is 47.3 Å². The second kappa shape index (κ2) is 11.6. The second-order valence-corrected chi connectivity index (χ2v) is 7.12. The Labute approximate surface area is 187 Å². The maximum Gasteiger partial charge on any atom is 0.255 e. The van der Waals surface area contributed by atoms with E-state index in [4.69, 9.17) is 13.9 Å². The Bertz CT molecular complexity index is 1030. The molecule has 1 heterocycles. The number of nitrogens with one attached hydrogen (secondary N) is 2. The van der Waals surface area contributed by atoms with Gasteiger partial charge in [-0.3, -0.25) is 9.59 Å². The fourth-order valence-corrected chi connectivity index (χ4v) is 2.97. The normalized spacial score (nSPS) is 10.4. The van der Waals surface area contributed by atoms with Gasteiger partial charge in [0.25, 0.3) is 11.8 Å². The van der Waals surface area contributed by atoms with E-state index in [1.165, 1.54) is 0 Å². The molecule has 3 rings (SSSR count). The summed E-state index contributed by atoms with van der Waals surface area (Å²) in [6.07, 6.45) is 3.26. The van der Waals surface area contributed by atoms with Gasteiger partial charge in [0.05, 0.1) is 37.3 Å². The number of anilines is 1. The van der Waals surface area contributed by atoms with Gasteiger partial charge >= 0.3 is 0 Å². The molecule has 2 aromatic carbocycles. The monoisotopic (exact) mass is 436 g/mol. The van der Waals surface area contributed by atoms with Crippen LogP contribution in [0.4, 0.5) is 5.69 Å². The van der Waals surface area contributed by atoms with Crippen LogP contribution in [0.2, 0.25) is 0 Å². The molecule has 0 unspecified atom stereocenters. The van der Waals surface area contributed by atoms with Crippen molar-refractivity contribution in [3.05, 3.63) is 77.7 Å². The summed E-state index contributed by atoms with van der Waals surface area (Å²) < 4.78 is 16.7. The molecule has 3 aromatic rings. The molecule has 32 heavy (non-hydrogen) atoms. The first kappa shape index (κ1) is 22.9. The van der Waals surface area contributed by atoms with Crippen molar-refractivity contribution in [3.63, 3.8) is 0 Å². The highest BCUT2D eigenvalue weighted by molar-refractivity contribution is 6.09. The molecular weight excluding hydrogens is 408 g/mol. The molecule has 2 N–H and O–H groups in total. The SMILES string of the molecule is CCCOc1ccc(C(=O)Nc2ccccc2C(=O)NCc2ccco2)cc1OCCC. The quantitative estimate of drug-likeness (QED) is 0.440. The molecule has 168 valence electrons. The second-order valence-electron chi connectivity index (χ2n) is 7.12. The largest absolute Gasteiger partial charge is 0.490 e. The summed E-state index contributed by atoms with van der Waals surface area (Å²) in [6.45, 7) is 5.37. The zero-order chi connectivity index (χ0) is 22.8. The Balaban J connectivity index is 1.74. The smallest absolute Gasteiger partial charge is 0.255 e. The van der Waals surface area contributed by atoms with Crippen molar-refractivity contribution in [2.45, 2.75) is 33.2 Å². The lowest BCUT2D eigenvalue weighted by Gasteiger charge is -2.14. The molecule has 0 saturated heterocycles. The first-order valence-electron chi connectivity index (χ1n) is 10.7. The van der Waals surface area contributed by atoms with E-state index in [0.717, 1.165) is 12.8 Å². The van der Waals surface area contributed by atoms with Gasteiger partial charge in [-0.25, -0.2) is 0 Å². The van der Waals surface area contributed by atoms with Crippen LogP contribution in [-0.4, -0.2) is 25.0 Å². The topological polar surface area (TPSA) is 89.8 Å². The minimum absolute atomic E-state index is 0.255. The standard InChI is InChI=1S/C25H28N2O5/c1-3-13-31-22-12-11-18(16-23(22)32-14-4-2)24(28)27-21-10-6-5-9-20(21)25(29)26-17-19-8-7-15-30-19/h5-12,15-16H,3-4,13-14,17H2,1-2H3,(H,26,29)(H,27,28). The van der Waals surface area contributed by atoms with Gasteiger partial charge in [0, 0.05) is 5.56 Å². The van der Waals surface area contributed by atoms with Crippen LogP contribution >= 0.6 is 0 Å². The third-order valence-electron chi connectivity index (χ3n) is 4.55. The summed E-state index contributed by atoms with van der Waals surface area (Å²) in [6, 6.07) is 15.5. The number of para-hydroxylation sites is 1. The van der Waals surface area contributed by atoms with Crippen LogP contribution in [0.3, 0.4) is 0 Å². The van der Waals surface area contributed by atoms with Gasteiger partial charge in [-0.2, -0.15) is 0 Å². The molecule has 0 aliphatic heterocycles. The fourth-order valence-electron chi connectivity index (χ4n) is 2.97. The Morgan fingerprint density at radius 2 is 1.62 bits per heavy atom. The molecule has 0 aliphatic rings. The van der Waals surface area contributed by atoms with Gasteiger partial charge in [-0.1, -0.05) is 26.0 Å². The van der Waals surface area contributed by atoms with E-state index in [1.54, 1.807) is 60.9 Å². The highest BCUT2D eigenvalue weighted by Gasteiger charge is 2.16. The molecular formula is C25H28N2O5. The third kappa shape index (κ3) is 6.14. The number of hydrogen-bond acceptors (Lipinski definition) is 5. The lowest BCUT2D eigenvalue weighted by Crippen LogP contribution is -2.24. The van der Waals surface area contributed by atoms with Crippen LogP contribution in [0.15, 0.2) is 65.3 Å². The number of ether oxygens (including phenoxy) is 2. The van der Waals surface area contributed by atoms with E-state index in [1.807, 2.05) is 13.8 Å². The Morgan fingerprint density at radius 3 is 2.34 bits per heavy atom. The number of carbonyl (C=O) groups excluding carboxylic acids is 2. The van der Waals surface area contributed by atoms with Gasteiger partial charge in [0.2, 0.25) is 0 Å². The highest BCUT2D eigenvalue weighted by Crippen LogP contribution is 2.29. The molecule has 0 atom stereocenters. The summed E-state index contributed by atoms with van der Waals surface area (Å²) in [4.78, 5) is 25.6. The molecule has 0 saturated carbocycles. The molecule has 7 heteroatoms. The zero-order valence-corrected chi connectivity index (χ0v) is 18.4. The van der Waals surface area contributed by atoms with E-state index >= 15 is 0 Å². The summed E-state index contributed by atoms with van der Waals surface area (Å²) >= 11 is 0. The average Bonchev–Trinajstić information content (AvgIpc) is 3.34. The Morgan fingerprint density at radius 1 is 0.875 bits per heavy atom. The van der Waals surface area contributed by atoms with Gasteiger partial charge in [0.15, 0.2) is 11.5 Å². The van der Waals surface area contributed by atoms with E-state index < -0.39 is 0 Å². The number of carbonyl (C=O) groups is 2. The van der Waals surface area contributed by atoms with E-state index in [9.17, 15) is 9.59 Å². The van der Waals surface area contributed by atoms with Gasteiger partial charge < -0.3 is 24.5 Å². The molecule has 0 radical (unpaired) electrons.